The second kappa shape index (κ2) is 11.7. The Morgan fingerprint density at radius 2 is 1.95 bits per heavy atom. The summed E-state index contributed by atoms with van der Waals surface area (Å²) in [7, 11) is 1.72. The van der Waals surface area contributed by atoms with Gasteiger partial charge in [-0.25, -0.2) is 4.98 Å². The van der Waals surface area contributed by atoms with E-state index in [1.165, 1.54) is 0 Å². The molecule has 0 atom stereocenters. The average molecular weight is 531 g/mol. The molecule has 3 aromatic rings. The summed E-state index contributed by atoms with van der Waals surface area (Å²) in [6.07, 6.45) is 6.86. The number of amides is 1. The minimum Gasteiger partial charge on any atom is -0.411 e. The molecule has 0 saturated carbocycles. The number of aromatic amines is 1. The summed E-state index contributed by atoms with van der Waals surface area (Å²) in [6.45, 7) is 8.18. The Labute approximate surface area is 229 Å². The quantitative estimate of drug-likeness (QED) is 0.284. The summed E-state index contributed by atoms with van der Waals surface area (Å²) in [6, 6.07) is 10.1. The summed E-state index contributed by atoms with van der Waals surface area (Å²) in [5.74, 6) is 0.977. The van der Waals surface area contributed by atoms with Gasteiger partial charge in [0.1, 0.15) is 5.82 Å². The zero-order valence-corrected chi connectivity index (χ0v) is 23.0. The number of oxime groups is 1. The number of fused-ring (bicyclic) bond motifs is 1. The van der Waals surface area contributed by atoms with Crippen LogP contribution in [0.1, 0.15) is 50.1 Å². The third-order valence-electron chi connectivity index (χ3n) is 8.03. The first-order chi connectivity index (χ1) is 18.9. The molecule has 5 rings (SSSR count). The largest absolute Gasteiger partial charge is 0.411 e. The standard InChI is InChI=1S/C30H38N6O3/c1-30(2,19-32-28(37)21-10-14-36(15-11-21)16-17-39-3)29-33-26(20-8-12-31-13-9-20)27(34-29)23-4-6-24-22(18-23)5-7-25(24)35-38/h4,6,8-9,12-13,18,21,38H,5,7,10-11,14-17,19H2,1-3H3,(H,32,37)(H,33,34)/b35-25+. The van der Waals surface area contributed by atoms with Gasteiger partial charge in [-0.1, -0.05) is 31.1 Å². The number of rotatable bonds is 9. The number of aromatic nitrogens is 3. The molecule has 1 amide bonds. The molecular formula is C30H38N6O3. The molecule has 1 aromatic carbocycles. The van der Waals surface area contributed by atoms with Crippen LogP contribution in [0.25, 0.3) is 22.5 Å². The number of likely N-dealkylation sites (tertiary alicyclic amines) is 1. The summed E-state index contributed by atoms with van der Waals surface area (Å²) in [5.41, 5.74) is 6.24. The van der Waals surface area contributed by atoms with Crippen LogP contribution in [-0.2, 0) is 21.4 Å². The first-order valence-electron chi connectivity index (χ1n) is 13.7. The number of H-pyrrole nitrogens is 1. The molecule has 0 spiro atoms. The van der Waals surface area contributed by atoms with Gasteiger partial charge in [0.15, 0.2) is 0 Å². The van der Waals surface area contributed by atoms with Crippen molar-refractivity contribution in [2.75, 3.05) is 39.9 Å². The van der Waals surface area contributed by atoms with Crippen LogP contribution in [0.5, 0.6) is 0 Å². The smallest absolute Gasteiger partial charge is 0.223 e. The highest BCUT2D eigenvalue weighted by Gasteiger charge is 2.31. The molecule has 2 aliphatic rings. The average Bonchev–Trinajstić information content (AvgIpc) is 3.60. The summed E-state index contributed by atoms with van der Waals surface area (Å²) in [4.78, 5) is 28.3. The number of nitrogens with one attached hydrogen (secondary N) is 2. The number of benzene rings is 1. The number of hydrogen-bond acceptors (Lipinski definition) is 7. The van der Waals surface area contributed by atoms with Crippen molar-refractivity contribution >= 4 is 11.6 Å². The molecule has 3 N–H and O–H groups in total. The van der Waals surface area contributed by atoms with Crippen molar-refractivity contribution in [2.24, 2.45) is 11.1 Å². The van der Waals surface area contributed by atoms with Gasteiger partial charge in [-0.2, -0.15) is 0 Å². The highest BCUT2D eigenvalue weighted by Crippen LogP contribution is 2.35. The van der Waals surface area contributed by atoms with E-state index in [9.17, 15) is 10.0 Å². The van der Waals surface area contributed by atoms with Crippen LogP contribution >= 0.6 is 0 Å². The zero-order valence-electron chi connectivity index (χ0n) is 23.0. The van der Waals surface area contributed by atoms with Crippen molar-refractivity contribution in [3.63, 3.8) is 0 Å². The number of carbonyl (C=O) groups excluding carboxylic acids is 1. The SMILES string of the molecule is COCCN1CCC(C(=O)NCC(C)(C)c2nc(-c3ccc4c(c3)CC/C4=N\O)c(-c3ccncc3)[nH]2)CC1. The van der Waals surface area contributed by atoms with E-state index in [1.807, 2.05) is 24.3 Å². The number of ether oxygens (including phenoxy) is 1. The molecule has 0 bridgehead atoms. The number of carbonyl (C=O) groups is 1. The Morgan fingerprint density at radius 3 is 2.67 bits per heavy atom. The van der Waals surface area contributed by atoms with E-state index in [-0.39, 0.29) is 11.8 Å². The van der Waals surface area contributed by atoms with Gasteiger partial charge in [0.25, 0.3) is 0 Å². The van der Waals surface area contributed by atoms with E-state index < -0.39 is 5.41 Å². The number of hydrogen-bond donors (Lipinski definition) is 3. The summed E-state index contributed by atoms with van der Waals surface area (Å²) < 4.78 is 5.19. The Hall–Kier alpha value is -3.56. The lowest BCUT2D eigenvalue weighted by molar-refractivity contribution is -0.126. The van der Waals surface area contributed by atoms with Gasteiger partial charge in [-0.3, -0.25) is 9.78 Å². The second-order valence-electron chi connectivity index (χ2n) is 11.2. The van der Waals surface area contributed by atoms with E-state index in [4.69, 9.17) is 9.72 Å². The van der Waals surface area contributed by atoms with Crippen molar-refractivity contribution in [1.29, 1.82) is 0 Å². The highest BCUT2D eigenvalue weighted by atomic mass is 16.5. The molecule has 9 nitrogen and oxygen atoms in total. The van der Waals surface area contributed by atoms with Crippen molar-refractivity contribution in [3.8, 4) is 22.5 Å². The maximum absolute atomic E-state index is 13.1. The van der Waals surface area contributed by atoms with E-state index in [0.717, 1.165) is 97.1 Å². The Morgan fingerprint density at radius 1 is 1.18 bits per heavy atom. The van der Waals surface area contributed by atoms with E-state index in [0.29, 0.717) is 6.54 Å². The van der Waals surface area contributed by atoms with Crippen molar-refractivity contribution < 1.29 is 14.7 Å². The van der Waals surface area contributed by atoms with Gasteiger partial charge in [0.05, 0.1) is 23.7 Å². The molecule has 9 heteroatoms. The van der Waals surface area contributed by atoms with Gasteiger partial charge >= 0.3 is 0 Å². The number of piperidine rings is 1. The van der Waals surface area contributed by atoms with Gasteiger partial charge in [-0.05, 0) is 62.5 Å². The lowest BCUT2D eigenvalue weighted by Crippen LogP contribution is -2.44. The Kier molecular flexibility index (Phi) is 8.09. The van der Waals surface area contributed by atoms with Crippen molar-refractivity contribution in [3.05, 3.63) is 59.7 Å². The van der Waals surface area contributed by atoms with Gasteiger partial charge < -0.3 is 25.1 Å². The lowest BCUT2D eigenvalue weighted by Gasteiger charge is -2.31. The zero-order chi connectivity index (χ0) is 27.4. The van der Waals surface area contributed by atoms with Crippen molar-refractivity contribution in [2.45, 2.75) is 44.9 Å². The molecule has 206 valence electrons. The maximum Gasteiger partial charge on any atom is 0.223 e. The fraction of sp³-hybridized carbons (Fsp3) is 0.467. The van der Waals surface area contributed by atoms with Gasteiger partial charge in [-0.15, -0.1) is 0 Å². The van der Waals surface area contributed by atoms with Crippen LogP contribution in [0.15, 0.2) is 47.9 Å². The predicted molar refractivity (Wildman–Crippen MR) is 151 cm³/mol. The van der Waals surface area contributed by atoms with Crippen LogP contribution in [0.3, 0.4) is 0 Å². The number of nitrogens with zero attached hydrogens (tertiary/aromatic N) is 4. The van der Waals surface area contributed by atoms with Crippen LogP contribution in [0.2, 0.25) is 0 Å². The second-order valence-corrected chi connectivity index (χ2v) is 11.2. The molecule has 1 fully saturated rings. The van der Waals surface area contributed by atoms with E-state index in [2.05, 4.69) is 45.3 Å². The maximum atomic E-state index is 13.1. The minimum absolute atomic E-state index is 0.0397. The first kappa shape index (κ1) is 27.0. The fourth-order valence-corrected chi connectivity index (χ4v) is 5.53. The Bertz CT molecular complexity index is 1330. The summed E-state index contributed by atoms with van der Waals surface area (Å²) in [5, 5.41) is 16.0. The Balaban J connectivity index is 1.34. The minimum atomic E-state index is -0.414. The monoisotopic (exact) mass is 530 g/mol. The number of pyridine rings is 1. The van der Waals surface area contributed by atoms with E-state index in [1.54, 1.807) is 19.5 Å². The molecule has 3 heterocycles. The summed E-state index contributed by atoms with van der Waals surface area (Å²) >= 11 is 0. The number of imidazole rings is 1. The third-order valence-corrected chi connectivity index (χ3v) is 8.03. The van der Waals surface area contributed by atoms with E-state index >= 15 is 0 Å². The van der Waals surface area contributed by atoms with Gasteiger partial charge in [0.2, 0.25) is 5.91 Å². The highest BCUT2D eigenvalue weighted by molar-refractivity contribution is 6.04. The van der Waals surface area contributed by atoms with Gasteiger partial charge in [0, 0.05) is 60.6 Å². The van der Waals surface area contributed by atoms with Crippen LogP contribution < -0.4 is 5.32 Å². The molecule has 39 heavy (non-hydrogen) atoms. The lowest BCUT2D eigenvalue weighted by atomic mass is 9.91. The van der Waals surface area contributed by atoms with Crippen LogP contribution in [-0.4, -0.2) is 76.6 Å². The van der Waals surface area contributed by atoms with Crippen LogP contribution in [0.4, 0.5) is 0 Å². The normalized spacial score (nSPS) is 17.5. The topological polar surface area (TPSA) is 116 Å². The molecular weight excluding hydrogens is 492 g/mol. The molecule has 1 aliphatic carbocycles. The number of methoxy groups -OCH3 is 1. The predicted octanol–water partition coefficient (Wildman–Crippen LogP) is 4.02. The molecule has 1 aliphatic heterocycles. The van der Waals surface area contributed by atoms with Crippen LogP contribution in [0, 0.1) is 5.92 Å². The molecule has 1 saturated heterocycles. The van der Waals surface area contributed by atoms with Crippen molar-refractivity contribution in [1.82, 2.24) is 25.2 Å². The molecule has 0 unspecified atom stereocenters. The fourth-order valence-electron chi connectivity index (χ4n) is 5.53. The number of aryl methyl sites for hydroxylation is 1. The first-order valence-corrected chi connectivity index (χ1v) is 13.7. The molecule has 2 aromatic heterocycles. The third kappa shape index (κ3) is 5.89. The molecule has 0 radical (unpaired) electrons.